The summed E-state index contributed by atoms with van der Waals surface area (Å²) in [4.78, 5) is 85.4. The van der Waals surface area contributed by atoms with Crippen LogP contribution in [0.5, 0.6) is 11.5 Å². The summed E-state index contributed by atoms with van der Waals surface area (Å²) in [6.07, 6.45) is 1.71. The van der Waals surface area contributed by atoms with Crippen molar-refractivity contribution in [3.05, 3.63) is 133 Å². The predicted molar refractivity (Wildman–Crippen MR) is 207 cm³/mol. The number of phenolic OH excluding ortho intramolecular Hbond substituents is 1. The van der Waals surface area contributed by atoms with E-state index < -0.39 is 79.9 Å². The van der Waals surface area contributed by atoms with E-state index in [0.29, 0.717) is 16.9 Å². The fourth-order valence-corrected chi connectivity index (χ4v) is 9.87. The normalized spacial score (nSPS) is 25.1. The van der Waals surface area contributed by atoms with Gasteiger partial charge in [0.2, 0.25) is 23.6 Å². The minimum absolute atomic E-state index is 0.00550. The van der Waals surface area contributed by atoms with E-state index in [0.717, 1.165) is 21.9 Å². The maximum Gasteiger partial charge on any atom is 0.301 e. The van der Waals surface area contributed by atoms with E-state index in [1.165, 1.54) is 38.2 Å². The number of carbonyl (C=O) groups excluding carboxylic acids is 4. The Hall–Kier alpha value is -6.61. The Labute approximate surface area is 330 Å². The highest BCUT2D eigenvalue weighted by molar-refractivity contribution is 6.32. The standard InChI is InChI=1S/C41H34ClN5O10/c1-43(2)36-31(46(53)54)17-24(18-32(36)47(55)56)44-37(49)27-14-13-26-28(34(27)39(44)51)20-30-38(50)45(23-11-7-10-22(42)16-23)40(52)41(30,21-8-5-4-6-9-21)35(26)29-19-25(57-3)12-15-33(29)48/h4-13,15-19,27-28,30,34-35,48H,14,20H2,1-3H3. The van der Waals surface area contributed by atoms with Gasteiger partial charge in [-0.2, -0.15) is 0 Å². The number of nitro benzene ring substituents is 2. The van der Waals surface area contributed by atoms with Gasteiger partial charge in [-0.1, -0.05) is 59.6 Å². The van der Waals surface area contributed by atoms with Gasteiger partial charge in [0.15, 0.2) is 5.69 Å². The number of allylic oxidation sites excluding steroid dienone is 2. The van der Waals surface area contributed by atoms with Gasteiger partial charge in [0.05, 0.1) is 51.5 Å². The number of nitro groups is 2. The number of rotatable bonds is 8. The monoisotopic (exact) mass is 791 g/mol. The molecule has 2 aliphatic carbocycles. The lowest BCUT2D eigenvalue weighted by Gasteiger charge is -2.50. The Balaban J connectivity index is 1.34. The van der Waals surface area contributed by atoms with Crippen LogP contribution in [0.3, 0.4) is 0 Å². The molecule has 0 spiro atoms. The van der Waals surface area contributed by atoms with Crippen molar-refractivity contribution in [2.45, 2.75) is 24.2 Å². The molecule has 15 nitrogen and oxygen atoms in total. The SMILES string of the molecule is COc1ccc(O)c(C2C3=CCC4C(=O)N(c5cc([N+](=O)[O-])c(N(C)C)c([N+](=O)[O-])c5)C(=O)C4C3CC3C(=O)N(c4cccc(Cl)c4)C(=O)C32c2ccccc2)c1. The molecule has 4 aromatic rings. The molecule has 2 aliphatic heterocycles. The second kappa shape index (κ2) is 13.5. The molecule has 57 heavy (non-hydrogen) atoms. The molecular weight excluding hydrogens is 758 g/mol. The number of fused-ring (bicyclic) bond motifs is 4. The highest BCUT2D eigenvalue weighted by atomic mass is 35.5. The summed E-state index contributed by atoms with van der Waals surface area (Å²) in [6, 6.07) is 21.6. The molecule has 6 unspecified atom stereocenters. The minimum atomic E-state index is -1.67. The molecule has 6 atom stereocenters. The van der Waals surface area contributed by atoms with Gasteiger partial charge in [0.25, 0.3) is 0 Å². The Morgan fingerprint density at radius 3 is 2.12 bits per heavy atom. The molecule has 3 fully saturated rings. The molecule has 0 aromatic heterocycles. The molecule has 290 valence electrons. The van der Waals surface area contributed by atoms with Crippen LogP contribution in [-0.2, 0) is 24.6 Å². The zero-order chi connectivity index (χ0) is 40.7. The van der Waals surface area contributed by atoms with Crippen molar-refractivity contribution in [2.75, 3.05) is 35.9 Å². The molecule has 2 saturated heterocycles. The van der Waals surface area contributed by atoms with Crippen molar-refractivity contribution < 1.29 is 38.9 Å². The van der Waals surface area contributed by atoms with Crippen LogP contribution < -0.4 is 19.4 Å². The van der Waals surface area contributed by atoms with Crippen molar-refractivity contribution in [1.82, 2.24) is 0 Å². The van der Waals surface area contributed by atoms with Crippen molar-refractivity contribution >= 4 is 63.7 Å². The summed E-state index contributed by atoms with van der Waals surface area (Å²) in [6.45, 7) is 0. The number of carbonyl (C=O) groups is 4. The molecule has 4 aromatic carbocycles. The van der Waals surface area contributed by atoms with E-state index in [1.807, 2.05) is 0 Å². The van der Waals surface area contributed by atoms with E-state index in [2.05, 4.69) is 0 Å². The summed E-state index contributed by atoms with van der Waals surface area (Å²) in [7, 11) is 4.25. The first-order valence-corrected chi connectivity index (χ1v) is 18.4. The molecule has 2 heterocycles. The molecule has 1 N–H and O–H groups in total. The number of nitrogens with zero attached hydrogens (tertiary/aromatic N) is 5. The molecule has 0 bridgehead atoms. The van der Waals surface area contributed by atoms with Crippen molar-refractivity contribution in [3.63, 3.8) is 0 Å². The molecule has 8 rings (SSSR count). The molecule has 0 radical (unpaired) electrons. The third-order valence-corrected chi connectivity index (χ3v) is 12.1. The lowest BCUT2D eigenvalue weighted by molar-refractivity contribution is -0.392. The highest BCUT2D eigenvalue weighted by Gasteiger charge is 2.70. The van der Waals surface area contributed by atoms with Gasteiger partial charge in [-0.15, -0.1) is 0 Å². The van der Waals surface area contributed by atoms with Gasteiger partial charge in [-0.25, -0.2) is 9.80 Å². The van der Waals surface area contributed by atoms with E-state index in [1.54, 1.807) is 66.7 Å². The average Bonchev–Trinajstić information content (AvgIpc) is 3.58. The van der Waals surface area contributed by atoms with Gasteiger partial charge in [-0.05, 0) is 60.7 Å². The van der Waals surface area contributed by atoms with Crippen molar-refractivity contribution in [2.24, 2.45) is 23.7 Å². The summed E-state index contributed by atoms with van der Waals surface area (Å²) >= 11 is 6.38. The number of phenols is 1. The third-order valence-electron chi connectivity index (χ3n) is 11.9. The van der Waals surface area contributed by atoms with Crippen LogP contribution >= 0.6 is 11.6 Å². The van der Waals surface area contributed by atoms with Crippen molar-refractivity contribution in [3.8, 4) is 11.5 Å². The fourth-order valence-electron chi connectivity index (χ4n) is 9.69. The van der Waals surface area contributed by atoms with E-state index in [9.17, 15) is 39.7 Å². The Kier molecular flexibility index (Phi) is 8.87. The van der Waals surface area contributed by atoms with Crippen LogP contribution in [0.2, 0.25) is 5.02 Å². The van der Waals surface area contributed by atoms with Crippen molar-refractivity contribution in [1.29, 1.82) is 0 Å². The van der Waals surface area contributed by atoms with Crippen LogP contribution in [-0.4, -0.2) is 59.8 Å². The smallest absolute Gasteiger partial charge is 0.301 e. The highest BCUT2D eigenvalue weighted by Crippen LogP contribution is 2.65. The maximum atomic E-state index is 15.4. The van der Waals surface area contributed by atoms with Gasteiger partial charge in [0.1, 0.15) is 11.5 Å². The zero-order valence-corrected chi connectivity index (χ0v) is 31.5. The molecule has 1 saturated carbocycles. The van der Waals surface area contributed by atoms with Crippen LogP contribution in [0.4, 0.5) is 28.4 Å². The van der Waals surface area contributed by atoms with E-state index in [-0.39, 0.29) is 46.2 Å². The van der Waals surface area contributed by atoms with Crippen LogP contribution in [0.25, 0.3) is 0 Å². The number of amides is 4. The van der Waals surface area contributed by atoms with Gasteiger partial charge >= 0.3 is 11.4 Å². The summed E-state index contributed by atoms with van der Waals surface area (Å²) in [5.74, 6) is -7.66. The average molecular weight is 792 g/mol. The number of ether oxygens (including phenoxy) is 1. The lowest BCUT2D eigenvalue weighted by Crippen LogP contribution is -2.53. The number of imide groups is 2. The number of hydrogen-bond donors (Lipinski definition) is 1. The number of benzene rings is 4. The Morgan fingerprint density at radius 1 is 0.825 bits per heavy atom. The quantitative estimate of drug-likeness (QED) is 0.0911. The lowest BCUT2D eigenvalue weighted by atomic mass is 9.49. The predicted octanol–water partition coefficient (Wildman–Crippen LogP) is 6.30. The first-order valence-electron chi connectivity index (χ1n) is 18.0. The van der Waals surface area contributed by atoms with Gasteiger partial charge in [0, 0.05) is 42.7 Å². The minimum Gasteiger partial charge on any atom is -0.508 e. The number of hydrogen-bond acceptors (Lipinski definition) is 11. The molecule has 4 aliphatic rings. The first kappa shape index (κ1) is 37.3. The number of aromatic hydroxyl groups is 1. The summed E-state index contributed by atoms with van der Waals surface area (Å²) in [5, 5.41) is 36.4. The Morgan fingerprint density at radius 2 is 1.51 bits per heavy atom. The van der Waals surface area contributed by atoms with Crippen LogP contribution in [0.15, 0.2) is 96.6 Å². The number of anilines is 3. The third kappa shape index (κ3) is 5.39. The molecule has 4 amide bonds. The zero-order valence-electron chi connectivity index (χ0n) is 30.7. The van der Waals surface area contributed by atoms with E-state index in [4.69, 9.17) is 16.3 Å². The number of methoxy groups -OCH3 is 1. The fraction of sp³-hybridized carbons (Fsp3) is 0.268. The van der Waals surface area contributed by atoms with E-state index >= 15 is 4.79 Å². The van der Waals surface area contributed by atoms with Crippen LogP contribution in [0.1, 0.15) is 29.9 Å². The van der Waals surface area contributed by atoms with Crippen LogP contribution in [0, 0.1) is 43.9 Å². The maximum absolute atomic E-state index is 15.4. The topological polar surface area (TPSA) is 194 Å². The molecular formula is C41H34ClN5O10. The Bertz CT molecular complexity index is 2440. The second-order valence-corrected chi connectivity index (χ2v) is 15.2. The number of halogens is 1. The summed E-state index contributed by atoms with van der Waals surface area (Å²) in [5.41, 5.74) is -2.15. The van der Waals surface area contributed by atoms with Gasteiger partial charge < -0.3 is 14.7 Å². The molecule has 16 heteroatoms. The summed E-state index contributed by atoms with van der Waals surface area (Å²) < 4.78 is 5.57. The largest absolute Gasteiger partial charge is 0.508 e. The second-order valence-electron chi connectivity index (χ2n) is 14.8. The first-order chi connectivity index (χ1) is 27.2. The van der Waals surface area contributed by atoms with Gasteiger partial charge in [-0.3, -0.25) is 39.4 Å².